The van der Waals surface area contributed by atoms with Crippen LogP contribution in [0, 0.1) is 29.4 Å². The van der Waals surface area contributed by atoms with E-state index in [1.165, 1.54) is 24.3 Å². The monoisotopic (exact) mass is 528 g/mol. The Bertz CT molecular complexity index is 1510. The number of halogens is 3. The van der Waals surface area contributed by atoms with Crippen molar-refractivity contribution in [1.29, 1.82) is 0 Å². The van der Waals surface area contributed by atoms with Crippen molar-refractivity contribution in [2.24, 2.45) is 5.41 Å². The molecule has 1 saturated carbocycles. The van der Waals surface area contributed by atoms with Crippen LogP contribution in [0.3, 0.4) is 0 Å². The molecule has 2 aliphatic rings. The Hall–Kier alpha value is -4.13. The molecule has 4 aromatic rings. The second kappa shape index (κ2) is 8.70. The quantitative estimate of drug-likeness (QED) is 0.213. The Kier molecular flexibility index (Phi) is 5.61. The molecule has 0 aromatic heterocycles. The number of aryl methyl sites for hydroxylation is 2. The van der Waals surface area contributed by atoms with Gasteiger partial charge in [0.1, 0.15) is 0 Å². The third-order valence-electron chi connectivity index (χ3n) is 8.55. The van der Waals surface area contributed by atoms with E-state index < -0.39 is 27.5 Å². The summed E-state index contributed by atoms with van der Waals surface area (Å²) in [4.78, 5) is 10.9. The fraction of sp³-hybridized carbons (Fsp3) is 0.250. The first kappa shape index (κ1) is 25.2. The summed E-state index contributed by atoms with van der Waals surface area (Å²) < 4.78 is 41.7. The van der Waals surface area contributed by atoms with E-state index in [4.69, 9.17) is 0 Å². The highest BCUT2D eigenvalue weighted by molar-refractivity contribution is 5.71. The van der Waals surface area contributed by atoms with Gasteiger partial charge in [-0.05, 0) is 61.1 Å². The van der Waals surface area contributed by atoms with Crippen molar-refractivity contribution in [2.45, 2.75) is 44.3 Å². The van der Waals surface area contributed by atoms with Gasteiger partial charge in [-0.25, -0.2) is 0 Å². The van der Waals surface area contributed by atoms with Crippen molar-refractivity contribution in [3.63, 3.8) is 0 Å². The number of rotatable bonds is 4. The lowest BCUT2D eigenvalue weighted by atomic mass is 9.54. The molecular weight excluding hydrogens is 501 g/mol. The van der Waals surface area contributed by atoms with Gasteiger partial charge < -0.3 is 5.32 Å². The number of hydrogen-bond donors (Lipinski definition) is 1. The summed E-state index contributed by atoms with van der Waals surface area (Å²) in [5.41, 5.74) is 4.37. The second-order valence-corrected chi connectivity index (χ2v) is 10.8. The molecule has 1 aliphatic heterocycles. The molecule has 198 valence electrons. The fourth-order valence-electron chi connectivity index (χ4n) is 6.59. The highest BCUT2D eigenvalue weighted by Gasteiger charge is 2.68. The number of fused-ring (bicyclic) bond motifs is 1. The predicted octanol–water partition coefficient (Wildman–Crippen LogP) is 8.51. The van der Waals surface area contributed by atoms with E-state index in [-0.39, 0.29) is 11.7 Å². The van der Waals surface area contributed by atoms with Crippen molar-refractivity contribution >= 4 is 11.4 Å². The topological polar surface area (TPSA) is 55.2 Å². The third-order valence-corrected chi connectivity index (χ3v) is 8.55. The predicted molar refractivity (Wildman–Crippen MR) is 145 cm³/mol. The van der Waals surface area contributed by atoms with Gasteiger partial charge in [-0.1, -0.05) is 77.9 Å². The van der Waals surface area contributed by atoms with E-state index >= 15 is 0 Å². The van der Waals surface area contributed by atoms with Gasteiger partial charge in [0.2, 0.25) is 0 Å². The van der Waals surface area contributed by atoms with Crippen molar-refractivity contribution in [3.8, 4) is 0 Å². The average molecular weight is 529 g/mol. The third kappa shape index (κ3) is 3.82. The largest absolute Gasteiger partial charge is 0.416 e. The van der Waals surface area contributed by atoms with Crippen LogP contribution in [-0.2, 0) is 11.6 Å². The van der Waals surface area contributed by atoms with E-state index in [0.717, 1.165) is 46.2 Å². The van der Waals surface area contributed by atoms with Gasteiger partial charge >= 0.3 is 6.18 Å². The first-order valence-electron chi connectivity index (χ1n) is 12.9. The second-order valence-electron chi connectivity index (χ2n) is 10.8. The molecule has 1 spiro atoms. The van der Waals surface area contributed by atoms with Gasteiger partial charge in [0.25, 0.3) is 5.69 Å². The van der Waals surface area contributed by atoms with E-state index in [0.29, 0.717) is 5.69 Å². The number of nitrogens with zero attached hydrogens (tertiary/aromatic N) is 1. The molecule has 1 N–H and O–H groups in total. The smallest absolute Gasteiger partial charge is 0.377 e. The maximum Gasteiger partial charge on any atom is 0.416 e. The van der Waals surface area contributed by atoms with Crippen LogP contribution in [0.4, 0.5) is 24.5 Å². The van der Waals surface area contributed by atoms with Gasteiger partial charge in [0.15, 0.2) is 0 Å². The van der Waals surface area contributed by atoms with Crippen molar-refractivity contribution in [2.75, 3.05) is 5.32 Å². The van der Waals surface area contributed by atoms with Crippen LogP contribution in [0.5, 0.6) is 0 Å². The van der Waals surface area contributed by atoms with Crippen LogP contribution in [0.2, 0.25) is 0 Å². The summed E-state index contributed by atoms with van der Waals surface area (Å²) in [6.45, 7) is 4.03. The maximum absolute atomic E-state index is 13.9. The number of anilines is 1. The van der Waals surface area contributed by atoms with Crippen LogP contribution < -0.4 is 5.32 Å². The molecule has 1 aliphatic carbocycles. The van der Waals surface area contributed by atoms with E-state index in [2.05, 4.69) is 29.6 Å². The molecule has 1 heterocycles. The van der Waals surface area contributed by atoms with Gasteiger partial charge in [-0.2, -0.15) is 13.2 Å². The summed E-state index contributed by atoms with van der Waals surface area (Å²) >= 11 is 0. The molecule has 1 unspecified atom stereocenters. The number of alkyl halides is 3. The number of non-ortho nitro benzene ring substituents is 1. The molecule has 0 saturated heterocycles. The van der Waals surface area contributed by atoms with Crippen LogP contribution in [0.1, 0.15) is 57.8 Å². The minimum absolute atomic E-state index is 0.0255. The van der Waals surface area contributed by atoms with E-state index in [1.807, 2.05) is 38.1 Å². The number of benzene rings is 4. The lowest BCUT2D eigenvalue weighted by Gasteiger charge is -2.52. The highest BCUT2D eigenvalue weighted by atomic mass is 19.4. The standard InChI is InChI=1S/C32H27F3N2O2/c1-20-3-9-23(10-4-20)31(24-11-5-21(2)6-12-24)27-16-13-25(32(33,34)35)19-28(27)36-29(30(31)17-18-30)22-7-14-26(15-8-22)37(38)39/h3-16,19,29,36H,17-18H2,1-2H3. The minimum atomic E-state index is -4.50. The molecule has 4 aromatic carbocycles. The first-order valence-corrected chi connectivity index (χ1v) is 12.9. The van der Waals surface area contributed by atoms with Crippen LogP contribution in [0.15, 0.2) is 91.0 Å². The van der Waals surface area contributed by atoms with E-state index in [1.54, 1.807) is 18.2 Å². The SMILES string of the molecule is Cc1ccc(C2(c3ccc(C)cc3)c3ccc(C(F)(F)F)cc3NC(c3ccc([N+](=O)[O-])cc3)C23CC3)cc1. The van der Waals surface area contributed by atoms with Crippen LogP contribution in [-0.4, -0.2) is 4.92 Å². The molecule has 7 heteroatoms. The number of nitro groups is 1. The van der Waals surface area contributed by atoms with Crippen molar-refractivity contribution in [3.05, 3.63) is 140 Å². The Labute approximate surface area is 224 Å². The lowest BCUT2D eigenvalue weighted by molar-refractivity contribution is -0.384. The highest BCUT2D eigenvalue weighted by Crippen LogP contribution is 2.73. The molecule has 0 bridgehead atoms. The average Bonchev–Trinajstić information content (AvgIpc) is 3.71. The zero-order chi connectivity index (χ0) is 27.6. The molecule has 1 fully saturated rings. The number of nitrogens with one attached hydrogen (secondary N) is 1. The summed E-state index contributed by atoms with van der Waals surface area (Å²) in [5, 5.41) is 14.8. The lowest BCUT2D eigenvalue weighted by Crippen LogP contribution is -2.48. The Morgan fingerprint density at radius 2 is 1.36 bits per heavy atom. The summed E-state index contributed by atoms with van der Waals surface area (Å²) in [6.07, 6.45) is -2.82. The van der Waals surface area contributed by atoms with Crippen molar-refractivity contribution in [1.82, 2.24) is 0 Å². The van der Waals surface area contributed by atoms with Gasteiger partial charge in [-0.3, -0.25) is 10.1 Å². The number of hydrogen-bond acceptors (Lipinski definition) is 3. The summed E-state index contributed by atoms with van der Waals surface area (Å²) in [7, 11) is 0. The zero-order valence-electron chi connectivity index (χ0n) is 21.5. The van der Waals surface area contributed by atoms with Crippen LogP contribution >= 0.6 is 0 Å². The summed E-state index contributed by atoms with van der Waals surface area (Å²) in [5.74, 6) is 0. The minimum Gasteiger partial charge on any atom is -0.377 e. The Morgan fingerprint density at radius 3 is 1.82 bits per heavy atom. The van der Waals surface area contributed by atoms with Gasteiger partial charge in [0, 0.05) is 23.2 Å². The maximum atomic E-state index is 13.9. The first-order chi connectivity index (χ1) is 18.6. The van der Waals surface area contributed by atoms with Gasteiger partial charge in [0.05, 0.1) is 21.9 Å². The molecule has 0 amide bonds. The molecular formula is C32H27F3N2O2. The molecule has 39 heavy (non-hydrogen) atoms. The van der Waals surface area contributed by atoms with Gasteiger partial charge in [-0.15, -0.1) is 0 Å². The molecule has 1 atom stereocenters. The van der Waals surface area contributed by atoms with Crippen molar-refractivity contribution < 1.29 is 18.1 Å². The molecule has 6 rings (SSSR count). The van der Waals surface area contributed by atoms with E-state index in [9.17, 15) is 23.3 Å². The Morgan fingerprint density at radius 1 is 0.821 bits per heavy atom. The molecule has 4 nitrogen and oxygen atoms in total. The zero-order valence-corrected chi connectivity index (χ0v) is 21.5. The number of nitro benzene ring substituents is 1. The molecule has 0 radical (unpaired) electrons. The summed E-state index contributed by atoms with van der Waals surface area (Å²) in [6, 6.07) is 26.6. The fourth-order valence-corrected chi connectivity index (χ4v) is 6.59. The Balaban J connectivity index is 1.68. The van der Waals surface area contributed by atoms with Crippen LogP contribution in [0.25, 0.3) is 0 Å². The normalized spacial score (nSPS) is 18.7.